The molecule has 0 aliphatic heterocycles. The predicted octanol–water partition coefficient (Wildman–Crippen LogP) is 4.49. The fourth-order valence-electron chi connectivity index (χ4n) is 3.04. The molecule has 0 aliphatic carbocycles. The topological polar surface area (TPSA) is 89.3 Å². The van der Waals surface area contributed by atoms with Gasteiger partial charge in [0.05, 0.1) is 15.2 Å². The molecule has 4 N–H and O–H groups in total. The van der Waals surface area contributed by atoms with Crippen LogP contribution in [0.25, 0.3) is 10.2 Å². The van der Waals surface area contributed by atoms with Crippen molar-refractivity contribution in [2.45, 2.75) is 27.7 Å². The summed E-state index contributed by atoms with van der Waals surface area (Å²) >= 11 is 7.67. The number of nitrogens with one attached hydrogen (secondary N) is 2. The lowest BCUT2D eigenvalue weighted by atomic mass is 10.1. The zero-order chi connectivity index (χ0) is 19.7. The van der Waals surface area contributed by atoms with Gasteiger partial charge in [0.15, 0.2) is 11.7 Å². The summed E-state index contributed by atoms with van der Waals surface area (Å²) in [5.74, 6) is 5.73. The van der Waals surface area contributed by atoms with E-state index in [0.717, 1.165) is 38.2 Å². The molecule has 0 saturated carbocycles. The smallest absolute Gasteiger partial charge is 0.262 e. The quantitative estimate of drug-likeness (QED) is 0.430. The molecule has 0 saturated heterocycles. The van der Waals surface area contributed by atoms with Gasteiger partial charge in [0, 0.05) is 5.69 Å². The molecule has 6 nitrogen and oxygen atoms in total. The number of rotatable bonds is 5. The Hall–Kier alpha value is -2.35. The van der Waals surface area contributed by atoms with Gasteiger partial charge in [-0.25, -0.2) is 10.8 Å². The Bertz CT molecular complexity index is 1010. The molecule has 2 aromatic carbocycles. The monoisotopic (exact) mass is 404 g/mol. The van der Waals surface area contributed by atoms with Crippen LogP contribution >= 0.6 is 22.9 Å². The van der Waals surface area contributed by atoms with Crippen molar-refractivity contribution in [3.63, 3.8) is 0 Å². The molecule has 1 heterocycles. The van der Waals surface area contributed by atoms with Crippen molar-refractivity contribution < 1.29 is 9.53 Å². The zero-order valence-corrected chi connectivity index (χ0v) is 17.1. The van der Waals surface area contributed by atoms with Crippen LogP contribution < -0.4 is 21.3 Å². The van der Waals surface area contributed by atoms with Gasteiger partial charge in [-0.15, -0.1) is 0 Å². The summed E-state index contributed by atoms with van der Waals surface area (Å²) in [6, 6.07) is 5.71. The van der Waals surface area contributed by atoms with Crippen LogP contribution in [0.5, 0.6) is 5.75 Å². The molecule has 27 heavy (non-hydrogen) atoms. The van der Waals surface area contributed by atoms with Crippen molar-refractivity contribution in [3.05, 3.63) is 45.5 Å². The molecule has 0 radical (unpaired) electrons. The van der Waals surface area contributed by atoms with Crippen LogP contribution in [0.3, 0.4) is 0 Å². The number of hydrazine groups is 1. The molecule has 0 unspecified atom stereocenters. The van der Waals surface area contributed by atoms with E-state index >= 15 is 0 Å². The number of anilines is 2. The Balaban J connectivity index is 1.78. The first kappa shape index (κ1) is 19.4. The average Bonchev–Trinajstić information content (AvgIpc) is 3.01. The van der Waals surface area contributed by atoms with Crippen molar-refractivity contribution in [2.75, 3.05) is 17.3 Å². The van der Waals surface area contributed by atoms with Crippen LogP contribution in [0, 0.1) is 27.7 Å². The summed E-state index contributed by atoms with van der Waals surface area (Å²) in [6.45, 7) is 7.62. The number of nitrogens with two attached hydrogens (primary N) is 1. The molecule has 3 rings (SSSR count). The lowest BCUT2D eigenvalue weighted by molar-refractivity contribution is -0.118. The first-order valence-electron chi connectivity index (χ1n) is 8.37. The molecule has 3 aromatic rings. The Morgan fingerprint density at radius 1 is 1.22 bits per heavy atom. The Morgan fingerprint density at radius 3 is 2.63 bits per heavy atom. The van der Waals surface area contributed by atoms with Crippen molar-refractivity contribution in [1.82, 2.24) is 4.98 Å². The van der Waals surface area contributed by atoms with Crippen LogP contribution in [0.4, 0.5) is 10.8 Å². The summed E-state index contributed by atoms with van der Waals surface area (Å²) in [7, 11) is 0. The van der Waals surface area contributed by atoms with Gasteiger partial charge in [0.25, 0.3) is 5.91 Å². The Morgan fingerprint density at radius 2 is 1.96 bits per heavy atom. The standard InChI is InChI=1S/C19H21ClN4O2S/c1-9-5-11(3)17(13(20)6-9)26-8-15(25)23-16-10(2)7-14-18(12(16)4)27-19(22-14)24-21/h5-7H,8,21H2,1-4H3,(H,22,24)(H,23,25). The van der Waals surface area contributed by atoms with Gasteiger partial charge in [-0.3, -0.25) is 10.2 Å². The van der Waals surface area contributed by atoms with Crippen LogP contribution in [-0.2, 0) is 4.79 Å². The van der Waals surface area contributed by atoms with Crippen molar-refractivity contribution in [3.8, 4) is 5.75 Å². The number of nitrogens with zero attached hydrogens (tertiary/aromatic N) is 1. The fourth-order valence-corrected chi connectivity index (χ4v) is 4.27. The van der Waals surface area contributed by atoms with E-state index in [1.165, 1.54) is 11.3 Å². The van der Waals surface area contributed by atoms with Gasteiger partial charge in [0.1, 0.15) is 5.75 Å². The second-order valence-electron chi connectivity index (χ2n) is 6.43. The van der Waals surface area contributed by atoms with Gasteiger partial charge >= 0.3 is 0 Å². The molecule has 0 bridgehead atoms. The lowest BCUT2D eigenvalue weighted by Crippen LogP contribution is -2.21. The molecule has 1 aromatic heterocycles. The van der Waals surface area contributed by atoms with E-state index in [-0.39, 0.29) is 12.5 Å². The molecule has 0 atom stereocenters. The Labute approximate surface area is 166 Å². The second-order valence-corrected chi connectivity index (χ2v) is 7.84. The third kappa shape index (κ3) is 4.00. The molecule has 142 valence electrons. The van der Waals surface area contributed by atoms with Gasteiger partial charge in [-0.05, 0) is 62.1 Å². The highest BCUT2D eigenvalue weighted by atomic mass is 35.5. The highest BCUT2D eigenvalue weighted by molar-refractivity contribution is 7.22. The minimum Gasteiger partial charge on any atom is -0.482 e. The minimum absolute atomic E-state index is 0.126. The number of carbonyl (C=O) groups is 1. The predicted molar refractivity (Wildman–Crippen MR) is 112 cm³/mol. The van der Waals surface area contributed by atoms with Crippen LogP contribution in [0.1, 0.15) is 22.3 Å². The molecular weight excluding hydrogens is 384 g/mol. The normalized spacial score (nSPS) is 10.9. The highest BCUT2D eigenvalue weighted by Crippen LogP contribution is 2.35. The maximum absolute atomic E-state index is 12.5. The van der Waals surface area contributed by atoms with E-state index in [1.807, 2.05) is 45.9 Å². The van der Waals surface area contributed by atoms with E-state index in [1.54, 1.807) is 0 Å². The highest BCUT2D eigenvalue weighted by Gasteiger charge is 2.15. The number of aromatic nitrogens is 1. The molecule has 0 fully saturated rings. The molecule has 1 amide bonds. The summed E-state index contributed by atoms with van der Waals surface area (Å²) in [6.07, 6.45) is 0. The summed E-state index contributed by atoms with van der Waals surface area (Å²) < 4.78 is 6.64. The third-order valence-electron chi connectivity index (χ3n) is 4.23. The van der Waals surface area contributed by atoms with Gasteiger partial charge in [0.2, 0.25) is 0 Å². The number of thiazole rings is 1. The van der Waals surface area contributed by atoms with Crippen molar-refractivity contribution in [2.24, 2.45) is 5.84 Å². The number of fused-ring (bicyclic) bond motifs is 1. The van der Waals surface area contributed by atoms with Crippen molar-refractivity contribution in [1.29, 1.82) is 0 Å². The van der Waals surface area contributed by atoms with Crippen LogP contribution in [-0.4, -0.2) is 17.5 Å². The molecular formula is C19H21ClN4O2S. The number of aryl methyl sites for hydroxylation is 4. The van der Waals surface area contributed by atoms with Gasteiger partial charge in [-0.2, -0.15) is 0 Å². The van der Waals surface area contributed by atoms with Gasteiger partial charge < -0.3 is 10.1 Å². The summed E-state index contributed by atoms with van der Waals surface area (Å²) in [5.41, 5.74) is 7.98. The second kappa shape index (κ2) is 7.72. The average molecular weight is 405 g/mol. The van der Waals surface area contributed by atoms with E-state index in [4.69, 9.17) is 22.2 Å². The van der Waals surface area contributed by atoms with E-state index in [2.05, 4.69) is 15.7 Å². The minimum atomic E-state index is -0.252. The maximum atomic E-state index is 12.5. The number of hydrogen-bond acceptors (Lipinski definition) is 6. The largest absolute Gasteiger partial charge is 0.482 e. The maximum Gasteiger partial charge on any atom is 0.262 e. The third-order valence-corrected chi connectivity index (χ3v) is 5.63. The first-order chi connectivity index (χ1) is 12.8. The van der Waals surface area contributed by atoms with Crippen molar-refractivity contribution >= 4 is 49.9 Å². The SMILES string of the molecule is Cc1cc(C)c(OCC(=O)Nc2c(C)cc3nc(NN)sc3c2C)c(Cl)c1. The number of halogens is 1. The van der Waals surface area contributed by atoms with E-state index in [0.29, 0.717) is 15.9 Å². The molecule has 0 spiro atoms. The molecule has 8 heteroatoms. The lowest BCUT2D eigenvalue weighted by Gasteiger charge is -2.14. The van der Waals surface area contributed by atoms with Gasteiger partial charge in [-0.1, -0.05) is 29.0 Å². The number of benzene rings is 2. The zero-order valence-electron chi connectivity index (χ0n) is 15.6. The first-order valence-corrected chi connectivity index (χ1v) is 9.56. The summed E-state index contributed by atoms with van der Waals surface area (Å²) in [5, 5.41) is 4.07. The molecule has 0 aliphatic rings. The number of hydrogen-bond donors (Lipinski definition) is 3. The van der Waals surface area contributed by atoms with E-state index in [9.17, 15) is 4.79 Å². The van der Waals surface area contributed by atoms with Crippen LogP contribution in [0.2, 0.25) is 5.02 Å². The Kier molecular flexibility index (Phi) is 5.55. The number of amides is 1. The number of nitrogen functional groups attached to an aromatic ring is 1. The summed E-state index contributed by atoms with van der Waals surface area (Å²) in [4.78, 5) is 16.9. The fraction of sp³-hybridized carbons (Fsp3) is 0.263. The van der Waals surface area contributed by atoms with Crippen LogP contribution in [0.15, 0.2) is 18.2 Å². The van der Waals surface area contributed by atoms with E-state index < -0.39 is 0 Å². The number of ether oxygens (including phenoxy) is 1. The number of carbonyl (C=O) groups excluding carboxylic acids is 1.